The summed E-state index contributed by atoms with van der Waals surface area (Å²) in [5.41, 5.74) is 4.09. The molecule has 174 valence electrons. The standard InChI is InChI=1S/C24H28N4O5/c29-23(7-8-28-20-3-1-2-4-22(20)33-24(28)30)25-19-6-5-18(26-9-13-31-14-10-26)17-21(19)27-11-15-32-16-12-27/h1-6,17H,7-16H2,(H,25,29). The highest BCUT2D eigenvalue weighted by molar-refractivity contribution is 5.95. The number of hydrogen-bond donors (Lipinski definition) is 1. The van der Waals surface area contributed by atoms with Gasteiger partial charge in [0, 0.05) is 44.8 Å². The third kappa shape index (κ3) is 4.74. The third-order valence-corrected chi connectivity index (χ3v) is 6.12. The van der Waals surface area contributed by atoms with Gasteiger partial charge in [-0.1, -0.05) is 12.1 Å². The smallest absolute Gasteiger partial charge is 0.408 e. The minimum Gasteiger partial charge on any atom is -0.408 e. The first kappa shape index (κ1) is 21.5. The van der Waals surface area contributed by atoms with Crippen LogP contribution in [0.3, 0.4) is 0 Å². The van der Waals surface area contributed by atoms with Gasteiger partial charge in [-0.2, -0.15) is 0 Å². The summed E-state index contributed by atoms with van der Waals surface area (Å²) in [6.07, 6.45) is 0.164. The van der Waals surface area contributed by atoms with Crippen LogP contribution in [0.15, 0.2) is 51.7 Å². The quantitative estimate of drug-likeness (QED) is 0.614. The van der Waals surface area contributed by atoms with Crippen LogP contribution in [0, 0.1) is 0 Å². The lowest BCUT2D eigenvalue weighted by Crippen LogP contribution is -2.38. The number of rotatable bonds is 6. The van der Waals surface area contributed by atoms with E-state index in [1.807, 2.05) is 30.3 Å². The zero-order valence-corrected chi connectivity index (χ0v) is 18.5. The van der Waals surface area contributed by atoms with Crippen molar-refractivity contribution in [2.45, 2.75) is 13.0 Å². The van der Waals surface area contributed by atoms with Crippen molar-refractivity contribution in [1.82, 2.24) is 4.57 Å². The van der Waals surface area contributed by atoms with Gasteiger partial charge in [0.05, 0.1) is 43.3 Å². The number of anilines is 3. The summed E-state index contributed by atoms with van der Waals surface area (Å²) in [6, 6.07) is 13.4. The topological polar surface area (TPSA) is 89.2 Å². The molecule has 0 saturated carbocycles. The number of amides is 1. The SMILES string of the molecule is O=C(CCn1c(=O)oc2ccccc21)Nc1ccc(N2CCOCC2)cc1N1CCOCC1. The van der Waals surface area contributed by atoms with Crippen molar-refractivity contribution in [2.75, 3.05) is 67.7 Å². The number of ether oxygens (including phenoxy) is 2. The first-order valence-electron chi connectivity index (χ1n) is 11.4. The maximum absolute atomic E-state index is 12.8. The number of oxazole rings is 1. The molecule has 1 amide bonds. The highest BCUT2D eigenvalue weighted by Crippen LogP contribution is 2.32. The number of morpholine rings is 2. The average Bonchev–Trinajstić information content (AvgIpc) is 3.19. The predicted octanol–water partition coefficient (Wildman–Crippen LogP) is 2.30. The van der Waals surface area contributed by atoms with Gasteiger partial charge in [-0.05, 0) is 30.3 Å². The Kier molecular flexibility index (Phi) is 6.32. The number of fused-ring (bicyclic) bond motifs is 1. The second-order valence-corrected chi connectivity index (χ2v) is 8.19. The molecule has 0 atom stereocenters. The minimum absolute atomic E-state index is 0.152. The Morgan fingerprint density at radius 1 is 0.909 bits per heavy atom. The summed E-state index contributed by atoms with van der Waals surface area (Å²) in [5.74, 6) is -0.603. The fourth-order valence-electron chi connectivity index (χ4n) is 4.36. The molecule has 5 rings (SSSR count). The lowest BCUT2D eigenvalue weighted by atomic mass is 10.1. The van der Waals surface area contributed by atoms with E-state index in [4.69, 9.17) is 13.9 Å². The predicted molar refractivity (Wildman–Crippen MR) is 126 cm³/mol. The number of carbonyl (C=O) groups is 1. The van der Waals surface area contributed by atoms with Gasteiger partial charge >= 0.3 is 5.76 Å². The molecule has 2 aromatic carbocycles. The first-order valence-corrected chi connectivity index (χ1v) is 11.4. The van der Waals surface area contributed by atoms with Gasteiger partial charge in [0.15, 0.2) is 5.58 Å². The van der Waals surface area contributed by atoms with E-state index in [1.54, 1.807) is 6.07 Å². The molecule has 2 fully saturated rings. The molecular formula is C24H28N4O5. The average molecular weight is 453 g/mol. The van der Waals surface area contributed by atoms with E-state index in [0.717, 1.165) is 43.2 Å². The Balaban J connectivity index is 1.33. The van der Waals surface area contributed by atoms with Gasteiger partial charge in [-0.25, -0.2) is 4.79 Å². The Labute approximate surface area is 191 Å². The van der Waals surface area contributed by atoms with Crippen LogP contribution >= 0.6 is 0 Å². The van der Waals surface area contributed by atoms with Gasteiger partial charge in [-0.3, -0.25) is 9.36 Å². The Morgan fingerprint density at radius 3 is 2.36 bits per heavy atom. The second kappa shape index (κ2) is 9.68. The highest BCUT2D eigenvalue weighted by atomic mass is 16.5. The lowest BCUT2D eigenvalue weighted by Gasteiger charge is -2.33. The molecule has 0 spiro atoms. The van der Waals surface area contributed by atoms with Crippen LogP contribution in [-0.4, -0.2) is 63.1 Å². The molecule has 1 aromatic heterocycles. The van der Waals surface area contributed by atoms with E-state index in [-0.39, 0.29) is 18.9 Å². The Morgan fingerprint density at radius 2 is 1.61 bits per heavy atom. The molecule has 3 heterocycles. The molecule has 2 saturated heterocycles. The molecular weight excluding hydrogens is 424 g/mol. The minimum atomic E-state index is -0.451. The maximum atomic E-state index is 12.8. The van der Waals surface area contributed by atoms with E-state index in [1.165, 1.54) is 4.57 Å². The van der Waals surface area contributed by atoms with Crippen molar-refractivity contribution in [3.63, 3.8) is 0 Å². The molecule has 0 aliphatic carbocycles. The number of nitrogens with zero attached hydrogens (tertiary/aromatic N) is 3. The van der Waals surface area contributed by atoms with Crippen molar-refractivity contribution in [3.05, 3.63) is 53.0 Å². The number of para-hydroxylation sites is 2. The third-order valence-electron chi connectivity index (χ3n) is 6.12. The van der Waals surface area contributed by atoms with Crippen LogP contribution in [0.4, 0.5) is 17.1 Å². The van der Waals surface area contributed by atoms with Gasteiger partial charge in [0.1, 0.15) is 0 Å². The van der Waals surface area contributed by atoms with E-state index in [9.17, 15) is 9.59 Å². The molecule has 0 bridgehead atoms. The van der Waals surface area contributed by atoms with Gasteiger partial charge in [0.25, 0.3) is 0 Å². The summed E-state index contributed by atoms with van der Waals surface area (Å²) in [6.45, 7) is 6.24. The molecule has 9 nitrogen and oxygen atoms in total. The Hall–Kier alpha value is -3.30. The molecule has 3 aromatic rings. The zero-order valence-electron chi connectivity index (χ0n) is 18.5. The summed E-state index contributed by atoms with van der Waals surface area (Å²) in [7, 11) is 0. The normalized spacial score (nSPS) is 16.8. The van der Waals surface area contributed by atoms with Gasteiger partial charge < -0.3 is 29.0 Å². The second-order valence-electron chi connectivity index (χ2n) is 8.19. The summed E-state index contributed by atoms with van der Waals surface area (Å²) >= 11 is 0. The fraction of sp³-hybridized carbons (Fsp3) is 0.417. The van der Waals surface area contributed by atoms with E-state index >= 15 is 0 Å². The molecule has 2 aliphatic heterocycles. The molecule has 9 heteroatoms. The number of aryl methyl sites for hydroxylation is 1. The van der Waals surface area contributed by atoms with Crippen LogP contribution in [0.1, 0.15) is 6.42 Å². The number of benzene rings is 2. The largest absolute Gasteiger partial charge is 0.419 e. The van der Waals surface area contributed by atoms with Crippen molar-refractivity contribution in [3.8, 4) is 0 Å². The van der Waals surface area contributed by atoms with E-state index < -0.39 is 5.76 Å². The summed E-state index contributed by atoms with van der Waals surface area (Å²) in [5, 5.41) is 3.06. The van der Waals surface area contributed by atoms with Crippen LogP contribution in [0.2, 0.25) is 0 Å². The lowest BCUT2D eigenvalue weighted by molar-refractivity contribution is -0.116. The molecule has 0 unspecified atom stereocenters. The maximum Gasteiger partial charge on any atom is 0.419 e. The monoisotopic (exact) mass is 452 g/mol. The van der Waals surface area contributed by atoms with Gasteiger partial charge in [0.2, 0.25) is 5.91 Å². The van der Waals surface area contributed by atoms with Crippen molar-refractivity contribution in [1.29, 1.82) is 0 Å². The van der Waals surface area contributed by atoms with Crippen molar-refractivity contribution < 1.29 is 18.7 Å². The van der Waals surface area contributed by atoms with Crippen LogP contribution in [0.25, 0.3) is 11.1 Å². The molecule has 2 aliphatic rings. The number of aromatic nitrogens is 1. The van der Waals surface area contributed by atoms with Crippen LogP contribution in [-0.2, 0) is 20.8 Å². The zero-order chi connectivity index (χ0) is 22.6. The van der Waals surface area contributed by atoms with Gasteiger partial charge in [-0.15, -0.1) is 0 Å². The van der Waals surface area contributed by atoms with Crippen molar-refractivity contribution in [2.24, 2.45) is 0 Å². The first-order chi connectivity index (χ1) is 16.2. The van der Waals surface area contributed by atoms with Crippen LogP contribution in [0.5, 0.6) is 0 Å². The fourth-order valence-corrected chi connectivity index (χ4v) is 4.36. The molecule has 0 radical (unpaired) electrons. The number of nitrogens with one attached hydrogen (secondary N) is 1. The summed E-state index contributed by atoms with van der Waals surface area (Å²) in [4.78, 5) is 29.6. The number of carbonyl (C=O) groups excluding carboxylic acids is 1. The van der Waals surface area contributed by atoms with Crippen LogP contribution < -0.4 is 20.9 Å². The molecule has 1 N–H and O–H groups in total. The summed E-state index contributed by atoms with van der Waals surface area (Å²) < 4.78 is 17.8. The molecule has 33 heavy (non-hydrogen) atoms. The van der Waals surface area contributed by atoms with Crippen molar-refractivity contribution >= 4 is 34.1 Å². The Bertz CT molecular complexity index is 1180. The number of hydrogen-bond acceptors (Lipinski definition) is 7. The van der Waals surface area contributed by atoms with E-state index in [2.05, 4.69) is 21.2 Å². The van der Waals surface area contributed by atoms with E-state index in [0.29, 0.717) is 37.5 Å². The highest BCUT2D eigenvalue weighted by Gasteiger charge is 2.20.